The van der Waals surface area contributed by atoms with Crippen molar-refractivity contribution in [3.63, 3.8) is 0 Å². The Labute approximate surface area is 292 Å². The second kappa shape index (κ2) is 12.1. The summed E-state index contributed by atoms with van der Waals surface area (Å²) < 4.78 is 4.75. The molecule has 2 aliphatic carbocycles. The molecule has 6 aromatic rings. The zero-order valence-electron chi connectivity index (χ0n) is 25.4. The number of allylic oxidation sites excluding steroid dienone is 2. The molecule has 2 aromatic heterocycles. The van der Waals surface area contributed by atoms with Gasteiger partial charge >= 0.3 is 26.2 Å². The Kier molecular flexibility index (Phi) is 8.97. The van der Waals surface area contributed by atoms with E-state index >= 15 is 0 Å². The minimum absolute atomic E-state index is 0. The first kappa shape index (κ1) is 32.5. The van der Waals surface area contributed by atoms with Crippen LogP contribution < -0.4 is 24.8 Å². The zero-order chi connectivity index (χ0) is 27.9. The number of halogens is 2. The first-order valence-electron chi connectivity index (χ1n) is 14.7. The predicted octanol–water partition coefficient (Wildman–Crippen LogP) is 4.07. The number of aromatic nitrogens is 2. The summed E-state index contributed by atoms with van der Waals surface area (Å²) in [5.41, 5.74) is 14.8. The molecule has 0 spiro atoms. The van der Waals surface area contributed by atoms with Gasteiger partial charge in [0.25, 0.3) is 0 Å². The van der Waals surface area contributed by atoms with Gasteiger partial charge in [-0.05, 0) is 72.1 Å². The fourth-order valence-corrected chi connectivity index (χ4v) is 13.2. The molecular formula is C38H34Cl2N2SiZr. The third kappa shape index (κ3) is 4.77. The molecule has 2 heterocycles. The van der Waals surface area contributed by atoms with Gasteiger partial charge in [0.1, 0.15) is 0 Å². The van der Waals surface area contributed by atoms with Crippen LogP contribution in [0.3, 0.4) is 0 Å². The van der Waals surface area contributed by atoms with E-state index in [0.29, 0.717) is 11.1 Å². The molecule has 0 saturated carbocycles. The van der Waals surface area contributed by atoms with Crippen LogP contribution in [0.5, 0.6) is 0 Å². The molecule has 0 saturated heterocycles. The van der Waals surface area contributed by atoms with Crippen LogP contribution in [-0.4, -0.2) is 17.2 Å². The normalized spacial score (nSPS) is 16.8. The average Bonchev–Trinajstić information content (AvgIpc) is 3.74. The second-order valence-electron chi connectivity index (χ2n) is 12.5. The molecule has 6 heteroatoms. The van der Waals surface area contributed by atoms with Crippen molar-refractivity contribution in [3.05, 3.63) is 143 Å². The molecule has 4 aromatic carbocycles. The fraction of sp³-hybridized carbons (Fsp3) is 0.158. The van der Waals surface area contributed by atoms with Crippen LogP contribution >= 0.6 is 0 Å². The van der Waals surface area contributed by atoms with Crippen molar-refractivity contribution in [2.45, 2.75) is 38.0 Å². The monoisotopic (exact) mass is 706 g/mol. The number of nitrogens with zero attached hydrogens (tertiary/aromatic N) is 2. The molecule has 218 valence electrons. The quantitative estimate of drug-likeness (QED) is 0.245. The van der Waals surface area contributed by atoms with E-state index < -0.39 is 8.07 Å². The van der Waals surface area contributed by atoms with E-state index in [0.717, 1.165) is 0 Å². The molecule has 2 unspecified atom stereocenters. The predicted molar refractivity (Wildman–Crippen MR) is 177 cm³/mol. The Morgan fingerprint density at radius 3 is 1.36 bits per heavy atom. The summed E-state index contributed by atoms with van der Waals surface area (Å²) in [6, 6.07) is 35.7. The van der Waals surface area contributed by atoms with E-state index in [4.69, 9.17) is 0 Å². The van der Waals surface area contributed by atoms with Crippen molar-refractivity contribution in [2.75, 3.05) is 0 Å². The summed E-state index contributed by atoms with van der Waals surface area (Å²) >= 11 is 0. The molecule has 0 radical (unpaired) electrons. The average molecular weight is 709 g/mol. The van der Waals surface area contributed by atoms with Crippen molar-refractivity contribution in [2.24, 2.45) is 0 Å². The molecule has 0 N–H and O–H groups in total. The van der Waals surface area contributed by atoms with Gasteiger partial charge < -0.3 is 33.9 Å². The number of rotatable bonds is 4. The van der Waals surface area contributed by atoms with Gasteiger partial charge in [0, 0.05) is 34.6 Å². The molecular weight excluding hydrogens is 675 g/mol. The van der Waals surface area contributed by atoms with Gasteiger partial charge in [-0.2, -0.15) is 0 Å². The third-order valence-corrected chi connectivity index (χ3v) is 14.2. The van der Waals surface area contributed by atoms with Crippen molar-refractivity contribution < 1.29 is 51.0 Å². The molecule has 2 nitrogen and oxygen atoms in total. The molecule has 2 atom stereocenters. The summed E-state index contributed by atoms with van der Waals surface area (Å²) in [4.78, 5) is 0. The van der Waals surface area contributed by atoms with Gasteiger partial charge in [0.15, 0.2) is 0 Å². The van der Waals surface area contributed by atoms with Gasteiger partial charge in [0.05, 0.1) is 30.5 Å². The van der Waals surface area contributed by atoms with E-state index in [9.17, 15) is 0 Å². The number of benzene rings is 4. The Hall–Kier alpha value is -2.88. The van der Waals surface area contributed by atoms with E-state index in [1.807, 2.05) is 0 Å². The topological polar surface area (TPSA) is 9.86 Å². The standard InChI is InChI=1S/C38H34N2Si.2ClH.Zr/c1-25-23-31-29(13-9-17-35(31)39-21-19-27-11-5-7-15-33(27)39)37(25)41(3,4)38-26(2)24-32-30(38)14-10-18-36(32)40-22-20-28-12-6-8-16-34(28)40;;;/h5-24,37-38H,1-4H3;2*1H;/q;;;+2/p-2. The van der Waals surface area contributed by atoms with Gasteiger partial charge in [-0.3, -0.25) is 0 Å². The van der Waals surface area contributed by atoms with Crippen LogP contribution in [0.25, 0.3) is 45.3 Å². The van der Waals surface area contributed by atoms with Gasteiger partial charge in [-0.1, -0.05) is 97.1 Å². The number of hydrogen-bond acceptors (Lipinski definition) is 0. The second-order valence-corrected chi connectivity index (χ2v) is 17.3. The molecule has 0 bridgehead atoms. The van der Waals surface area contributed by atoms with E-state index in [1.54, 1.807) is 0 Å². The molecule has 44 heavy (non-hydrogen) atoms. The molecule has 2 aliphatic rings. The minimum Gasteiger partial charge on any atom is -1.00 e. The van der Waals surface area contributed by atoms with Gasteiger partial charge in [-0.15, -0.1) is 0 Å². The van der Waals surface area contributed by atoms with Crippen LogP contribution in [-0.2, 0) is 26.2 Å². The van der Waals surface area contributed by atoms with E-state index in [-0.39, 0.29) is 51.0 Å². The first-order chi connectivity index (χ1) is 19.9. The number of fused-ring (bicyclic) bond motifs is 4. The summed E-state index contributed by atoms with van der Waals surface area (Å²) in [7, 11) is -1.94. The summed E-state index contributed by atoms with van der Waals surface area (Å²) in [5.74, 6) is 0. The van der Waals surface area contributed by atoms with E-state index in [1.165, 1.54) is 66.6 Å². The number of hydrogen-bond donors (Lipinski definition) is 0. The van der Waals surface area contributed by atoms with Crippen molar-refractivity contribution in [1.82, 2.24) is 9.13 Å². The summed E-state index contributed by atoms with van der Waals surface area (Å²) in [5, 5.41) is 2.56. The Balaban J connectivity index is 0.00000128. The smallest absolute Gasteiger partial charge is 1.00 e. The van der Waals surface area contributed by atoms with Crippen molar-refractivity contribution >= 4 is 42.0 Å². The molecule has 8 rings (SSSR count). The fourth-order valence-electron chi connectivity index (χ4n) is 8.22. The molecule has 0 amide bonds. The maximum atomic E-state index is 2.62. The third-order valence-electron chi connectivity index (χ3n) is 9.72. The van der Waals surface area contributed by atoms with Crippen LogP contribution in [0, 0.1) is 0 Å². The summed E-state index contributed by atoms with van der Waals surface area (Å²) in [6.07, 6.45) is 9.42. The SMILES string of the molecule is CC1=Cc2c(cccc2-n2ccc3ccccc32)C1[Si](C)(C)C1C(C)=Cc2c1cccc2-n1ccc2ccccc21.[Cl-].[Cl-].[Zr+2]. The van der Waals surface area contributed by atoms with Crippen LogP contribution in [0.15, 0.2) is 121 Å². The maximum Gasteiger partial charge on any atom is 2.00 e. The Morgan fingerprint density at radius 1 is 0.523 bits per heavy atom. The van der Waals surface area contributed by atoms with Crippen LogP contribution in [0.4, 0.5) is 0 Å². The molecule has 0 aliphatic heterocycles. The van der Waals surface area contributed by atoms with Gasteiger partial charge in [0.2, 0.25) is 0 Å². The number of para-hydroxylation sites is 2. The maximum absolute atomic E-state index is 2.62. The van der Waals surface area contributed by atoms with Gasteiger partial charge in [-0.25, -0.2) is 0 Å². The summed E-state index contributed by atoms with van der Waals surface area (Å²) in [6.45, 7) is 9.98. The zero-order valence-corrected chi connectivity index (χ0v) is 30.3. The Morgan fingerprint density at radius 2 is 0.932 bits per heavy atom. The minimum atomic E-state index is -1.94. The largest absolute Gasteiger partial charge is 2.00 e. The van der Waals surface area contributed by atoms with Crippen LogP contribution in [0.1, 0.15) is 47.2 Å². The van der Waals surface area contributed by atoms with Crippen LogP contribution in [0.2, 0.25) is 13.1 Å². The van der Waals surface area contributed by atoms with Crippen molar-refractivity contribution in [3.8, 4) is 11.4 Å². The van der Waals surface area contributed by atoms with E-state index in [2.05, 4.69) is 158 Å². The van der Waals surface area contributed by atoms with Crippen molar-refractivity contribution in [1.29, 1.82) is 0 Å². The first-order valence-corrected chi connectivity index (χ1v) is 17.8. The Bertz CT molecular complexity index is 1940. The molecule has 0 fully saturated rings.